The second-order valence-electron chi connectivity index (χ2n) is 8.23. The van der Waals surface area contributed by atoms with Gasteiger partial charge in [0.05, 0.1) is 41.5 Å². The average Bonchev–Trinajstić information content (AvgIpc) is 3.73. The van der Waals surface area contributed by atoms with E-state index in [9.17, 15) is 14.9 Å². The number of carbonyl (C=O) groups is 2. The highest BCUT2D eigenvalue weighted by atomic mass is 32.1. The fourth-order valence-electron chi connectivity index (χ4n) is 4.50. The Morgan fingerprint density at radius 3 is 2.10 bits per heavy atom. The standard InChI is InChI=1S/C24H22N2O4S/c1-29-23(27)18-17(16-11-31-22-14(10-25)4-3-5-15(16)22)19(24(28)30-2)21(13-8-9-13)26-20(18)12-6-7-12/h3-5,11-13,17,26H,6-9H2,1-2H3. The Labute approximate surface area is 184 Å². The summed E-state index contributed by atoms with van der Waals surface area (Å²) in [6.45, 7) is 0. The number of carbonyl (C=O) groups excluding carboxylic acids is 2. The Morgan fingerprint density at radius 2 is 1.61 bits per heavy atom. The van der Waals surface area contributed by atoms with Gasteiger partial charge in [-0.15, -0.1) is 11.3 Å². The van der Waals surface area contributed by atoms with Crippen LogP contribution < -0.4 is 5.32 Å². The number of hydrogen-bond acceptors (Lipinski definition) is 7. The monoisotopic (exact) mass is 434 g/mol. The van der Waals surface area contributed by atoms with Crippen LogP contribution in [0.5, 0.6) is 0 Å². The summed E-state index contributed by atoms with van der Waals surface area (Å²) in [5, 5.41) is 15.9. The lowest BCUT2D eigenvalue weighted by atomic mass is 9.78. The van der Waals surface area contributed by atoms with Gasteiger partial charge in [0.25, 0.3) is 0 Å². The highest BCUT2D eigenvalue weighted by molar-refractivity contribution is 7.17. The summed E-state index contributed by atoms with van der Waals surface area (Å²) in [6, 6.07) is 7.81. The number of nitriles is 1. The number of thiophene rings is 1. The second-order valence-corrected chi connectivity index (χ2v) is 9.11. The number of ether oxygens (including phenoxy) is 2. The largest absolute Gasteiger partial charge is 0.466 e. The van der Waals surface area contributed by atoms with Crippen molar-refractivity contribution in [1.82, 2.24) is 5.32 Å². The van der Waals surface area contributed by atoms with Gasteiger partial charge in [-0.2, -0.15) is 5.26 Å². The number of hydrogen-bond donors (Lipinski definition) is 1. The van der Waals surface area contributed by atoms with E-state index in [1.54, 1.807) is 6.07 Å². The predicted molar refractivity (Wildman–Crippen MR) is 116 cm³/mol. The number of dihydropyridines is 1. The summed E-state index contributed by atoms with van der Waals surface area (Å²) in [5.41, 5.74) is 4.15. The van der Waals surface area contributed by atoms with E-state index in [2.05, 4.69) is 11.4 Å². The van der Waals surface area contributed by atoms with E-state index in [4.69, 9.17) is 9.47 Å². The van der Waals surface area contributed by atoms with E-state index < -0.39 is 17.9 Å². The van der Waals surface area contributed by atoms with Crippen molar-refractivity contribution in [3.8, 4) is 6.07 Å². The van der Waals surface area contributed by atoms with Crippen molar-refractivity contribution in [2.75, 3.05) is 14.2 Å². The van der Waals surface area contributed by atoms with Crippen molar-refractivity contribution < 1.29 is 19.1 Å². The Kier molecular flexibility index (Phi) is 4.82. The average molecular weight is 435 g/mol. The number of fused-ring (bicyclic) bond motifs is 1. The normalized spacial score (nSPS) is 19.3. The topological polar surface area (TPSA) is 88.4 Å². The molecule has 2 fully saturated rings. The molecule has 0 radical (unpaired) electrons. The minimum Gasteiger partial charge on any atom is -0.466 e. The van der Waals surface area contributed by atoms with Crippen LogP contribution in [0.4, 0.5) is 0 Å². The number of methoxy groups -OCH3 is 2. The summed E-state index contributed by atoms with van der Waals surface area (Å²) in [5.74, 6) is -0.929. The molecule has 2 heterocycles. The molecule has 3 aliphatic rings. The first-order valence-corrected chi connectivity index (χ1v) is 11.3. The van der Waals surface area contributed by atoms with Crippen LogP contribution in [0.15, 0.2) is 46.1 Å². The Hall–Kier alpha value is -3.11. The lowest BCUT2D eigenvalue weighted by molar-refractivity contribution is -0.137. The van der Waals surface area contributed by atoms with Crippen LogP contribution in [-0.2, 0) is 19.1 Å². The molecule has 7 heteroatoms. The van der Waals surface area contributed by atoms with E-state index >= 15 is 0 Å². The van der Waals surface area contributed by atoms with Gasteiger partial charge in [0.2, 0.25) is 0 Å². The van der Waals surface area contributed by atoms with Gasteiger partial charge >= 0.3 is 11.9 Å². The summed E-state index contributed by atoms with van der Waals surface area (Å²) >= 11 is 1.46. The number of rotatable bonds is 5. The molecule has 1 aliphatic heterocycles. The van der Waals surface area contributed by atoms with Crippen molar-refractivity contribution in [2.45, 2.75) is 31.6 Å². The van der Waals surface area contributed by atoms with Crippen LogP contribution in [0.2, 0.25) is 0 Å². The molecule has 31 heavy (non-hydrogen) atoms. The van der Waals surface area contributed by atoms with Gasteiger partial charge in [0.1, 0.15) is 6.07 Å². The molecule has 0 amide bonds. The minimum atomic E-state index is -0.588. The second kappa shape index (κ2) is 7.54. The number of nitrogens with one attached hydrogen (secondary N) is 1. The fourth-order valence-corrected chi connectivity index (χ4v) is 5.56. The smallest absolute Gasteiger partial charge is 0.336 e. The summed E-state index contributed by atoms with van der Waals surface area (Å²) < 4.78 is 11.2. The van der Waals surface area contributed by atoms with E-state index in [1.807, 2.05) is 17.5 Å². The minimum absolute atomic E-state index is 0.268. The van der Waals surface area contributed by atoms with Crippen LogP contribution in [0, 0.1) is 23.2 Å². The fraction of sp³-hybridized carbons (Fsp3) is 0.375. The summed E-state index contributed by atoms with van der Waals surface area (Å²) in [7, 11) is 2.74. The van der Waals surface area contributed by atoms with E-state index in [-0.39, 0.29) is 11.8 Å². The first-order valence-electron chi connectivity index (χ1n) is 10.4. The van der Waals surface area contributed by atoms with Gasteiger partial charge in [-0.1, -0.05) is 12.1 Å². The number of esters is 2. The van der Waals surface area contributed by atoms with Gasteiger partial charge in [-0.05, 0) is 59.9 Å². The van der Waals surface area contributed by atoms with Crippen molar-refractivity contribution in [2.24, 2.45) is 11.8 Å². The molecule has 2 aromatic rings. The molecule has 6 nitrogen and oxygen atoms in total. The molecule has 2 saturated carbocycles. The highest BCUT2D eigenvalue weighted by Gasteiger charge is 2.46. The maximum absolute atomic E-state index is 13.1. The molecular formula is C24H22N2O4S. The van der Waals surface area contributed by atoms with Crippen LogP contribution in [-0.4, -0.2) is 26.2 Å². The van der Waals surface area contributed by atoms with Crippen molar-refractivity contribution >= 4 is 33.4 Å². The first kappa shape index (κ1) is 19.8. The molecular weight excluding hydrogens is 412 g/mol. The van der Waals surface area contributed by atoms with Gasteiger partial charge in [0.15, 0.2) is 0 Å². The number of allylic oxidation sites excluding steroid dienone is 2. The molecule has 5 rings (SSSR count). The SMILES string of the molecule is COC(=O)C1=C(C2CC2)NC(C2CC2)=C(C(=O)OC)C1c1csc2c(C#N)cccc12. The molecule has 0 atom stereocenters. The van der Waals surface area contributed by atoms with Gasteiger partial charge < -0.3 is 14.8 Å². The number of nitrogens with zero attached hydrogens (tertiary/aromatic N) is 1. The zero-order chi connectivity index (χ0) is 21.7. The van der Waals surface area contributed by atoms with E-state index in [1.165, 1.54) is 25.6 Å². The third-order valence-corrected chi connectivity index (χ3v) is 7.32. The van der Waals surface area contributed by atoms with Crippen molar-refractivity contribution in [1.29, 1.82) is 5.26 Å². The quantitative estimate of drug-likeness (QED) is 0.712. The van der Waals surface area contributed by atoms with Gasteiger partial charge in [0, 0.05) is 11.4 Å². The first-order chi connectivity index (χ1) is 15.1. The predicted octanol–water partition coefficient (Wildman–Crippen LogP) is 4.13. The van der Waals surface area contributed by atoms with Crippen LogP contribution >= 0.6 is 11.3 Å². The molecule has 158 valence electrons. The zero-order valence-electron chi connectivity index (χ0n) is 17.4. The Bertz CT molecular complexity index is 1160. The number of benzene rings is 1. The molecule has 0 saturated heterocycles. The summed E-state index contributed by atoms with van der Waals surface area (Å²) in [6.07, 6.45) is 4.02. The van der Waals surface area contributed by atoms with Crippen molar-refractivity contribution in [3.63, 3.8) is 0 Å². The molecule has 1 aromatic carbocycles. The molecule has 2 aliphatic carbocycles. The maximum atomic E-state index is 13.1. The Balaban J connectivity index is 1.80. The Morgan fingerprint density at radius 1 is 1.03 bits per heavy atom. The lowest BCUT2D eigenvalue weighted by Gasteiger charge is -2.32. The van der Waals surface area contributed by atoms with Crippen LogP contribution in [0.3, 0.4) is 0 Å². The molecule has 1 aromatic heterocycles. The van der Waals surface area contributed by atoms with E-state index in [0.29, 0.717) is 16.7 Å². The van der Waals surface area contributed by atoms with E-state index in [0.717, 1.165) is 52.7 Å². The van der Waals surface area contributed by atoms with Gasteiger partial charge in [-0.3, -0.25) is 0 Å². The summed E-state index contributed by atoms with van der Waals surface area (Å²) in [4.78, 5) is 26.2. The third-order valence-electron chi connectivity index (χ3n) is 6.27. The molecule has 0 bridgehead atoms. The zero-order valence-corrected chi connectivity index (χ0v) is 18.2. The molecule has 1 N–H and O–H groups in total. The van der Waals surface area contributed by atoms with Crippen LogP contribution in [0.1, 0.15) is 42.7 Å². The molecule has 0 unspecified atom stereocenters. The molecule has 0 spiro atoms. The van der Waals surface area contributed by atoms with Gasteiger partial charge in [-0.25, -0.2) is 9.59 Å². The van der Waals surface area contributed by atoms with Crippen molar-refractivity contribution in [3.05, 3.63) is 57.2 Å². The lowest BCUT2D eigenvalue weighted by Crippen LogP contribution is -2.35. The van der Waals surface area contributed by atoms with Crippen LogP contribution in [0.25, 0.3) is 10.1 Å². The third kappa shape index (κ3) is 3.22. The highest BCUT2D eigenvalue weighted by Crippen LogP contribution is 2.52. The maximum Gasteiger partial charge on any atom is 0.336 e.